The van der Waals surface area contributed by atoms with Crippen LogP contribution in [0.4, 0.5) is 4.79 Å². The Morgan fingerprint density at radius 3 is 2.54 bits per heavy atom. The number of halogens is 1. The second-order valence-corrected chi connectivity index (χ2v) is 6.88. The lowest BCUT2D eigenvalue weighted by Gasteiger charge is -2.32. The van der Waals surface area contributed by atoms with Crippen LogP contribution in [-0.2, 0) is 6.54 Å². The van der Waals surface area contributed by atoms with E-state index in [2.05, 4.69) is 20.6 Å². The SMILES string of the molecule is O=C(O)N1CCN(Cc2cn(-c3ccc(Cl)cc3)c3cnccc23)CC1. The van der Waals surface area contributed by atoms with Gasteiger partial charge in [-0.25, -0.2) is 4.79 Å². The van der Waals surface area contributed by atoms with Crippen molar-refractivity contribution in [2.45, 2.75) is 6.54 Å². The van der Waals surface area contributed by atoms with Gasteiger partial charge < -0.3 is 14.6 Å². The van der Waals surface area contributed by atoms with Crippen LogP contribution in [0.2, 0.25) is 5.02 Å². The fourth-order valence-electron chi connectivity index (χ4n) is 3.42. The van der Waals surface area contributed by atoms with Crippen molar-refractivity contribution in [3.8, 4) is 5.69 Å². The Labute approximate surface area is 156 Å². The minimum Gasteiger partial charge on any atom is -0.465 e. The van der Waals surface area contributed by atoms with Crippen molar-refractivity contribution in [1.29, 1.82) is 0 Å². The molecule has 0 saturated carbocycles. The Morgan fingerprint density at radius 1 is 1.12 bits per heavy atom. The molecule has 0 aliphatic carbocycles. The van der Waals surface area contributed by atoms with Gasteiger partial charge in [0.05, 0.1) is 11.7 Å². The predicted molar refractivity (Wildman–Crippen MR) is 101 cm³/mol. The number of aromatic nitrogens is 2. The molecule has 26 heavy (non-hydrogen) atoms. The number of hydrogen-bond acceptors (Lipinski definition) is 3. The van der Waals surface area contributed by atoms with Crippen LogP contribution >= 0.6 is 11.6 Å². The number of rotatable bonds is 3. The summed E-state index contributed by atoms with van der Waals surface area (Å²) in [6.45, 7) is 3.37. The highest BCUT2D eigenvalue weighted by molar-refractivity contribution is 6.30. The summed E-state index contributed by atoms with van der Waals surface area (Å²) in [6.07, 6.45) is 4.98. The monoisotopic (exact) mass is 370 g/mol. The first kappa shape index (κ1) is 16.9. The molecule has 0 atom stereocenters. The molecular weight excluding hydrogens is 352 g/mol. The summed E-state index contributed by atoms with van der Waals surface area (Å²) in [5, 5.41) is 11.0. The van der Waals surface area contributed by atoms with E-state index in [0.29, 0.717) is 18.1 Å². The zero-order valence-electron chi connectivity index (χ0n) is 14.2. The molecule has 1 saturated heterocycles. The average molecular weight is 371 g/mol. The standard InChI is InChI=1S/C19H19ClN4O2/c20-15-1-3-16(4-2-15)24-13-14(17-5-6-21-11-18(17)24)12-22-7-9-23(10-8-22)19(25)26/h1-6,11,13H,7-10,12H2,(H,25,26). The van der Waals surface area contributed by atoms with Crippen molar-refractivity contribution in [3.05, 3.63) is 59.5 Å². The quantitative estimate of drug-likeness (QED) is 0.766. The van der Waals surface area contributed by atoms with Gasteiger partial charge in [0.25, 0.3) is 0 Å². The molecule has 4 rings (SSSR count). The van der Waals surface area contributed by atoms with E-state index in [1.54, 1.807) is 6.20 Å². The summed E-state index contributed by atoms with van der Waals surface area (Å²) in [5.74, 6) is 0. The van der Waals surface area contributed by atoms with Crippen molar-refractivity contribution in [1.82, 2.24) is 19.4 Å². The number of carboxylic acid groups (broad SMARTS) is 1. The van der Waals surface area contributed by atoms with E-state index in [9.17, 15) is 4.79 Å². The zero-order valence-corrected chi connectivity index (χ0v) is 14.9. The van der Waals surface area contributed by atoms with Crippen molar-refractivity contribution >= 4 is 28.6 Å². The summed E-state index contributed by atoms with van der Waals surface area (Å²) in [4.78, 5) is 19.1. The van der Waals surface area contributed by atoms with Crippen LogP contribution in [0.3, 0.4) is 0 Å². The second-order valence-electron chi connectivity index (χ2n) is 6.44. The normalized spacial score (nSPS) is 15.5. The molecular formula is C19H19ClN4O2. The van der Waals surface area contributed by atoms with Crippen molar-refractivity contribution in [2.24, 2.45) is 0 Å². The molecule has 1 fully saturated rings. The number of pyridine rings is 1. The third-order valence-corrected chi connectivity index (χ3v) is 5.08. The first-order valence-corrected chi connectivity index (χ1v) is 8.90. The smallest absolute Gasteiger partial charge is 0.407 e. The molecule has 1 aliphatic heterocycles. The van der Waals surface area contributed by atoms with E-state index < -0.39 is 6.09 Å². The van der Waals surface area contributed by atoms with E-state index in [4.69, 9.17) is 16.7 Å². The molecule has 0 radical (unpaired) electrons. The first-order valence-electron chi connectivity index (χ1n) is 8.52. The zero-order chi connectivity index (χ0) is 18.1. The Bertz CT molecular complexity index is 930. The first-order chi connectivity index (χ1) is 12.6. The van der Waals surface area contributed by atoms with Gasteiger partial charge in [-0.3, -0.25) is 9.88 Å². The molecule has 1 aliphatic rings. The van der Waals surface area contributed by atoms with Crippen molar-refractivity contribution < 1.29 is 9.90 Å². The molecule has 3 aromatic rings. The molecule has 1 aromatic carbocycles. The maximum atomic E-state index is 11.1. The van der Waals surface area contributed by atoms with Crippen LogP contribution in [0.5, 0.6) is 0 Å². The maximum Gasteiger partial charge on any atom is 0.407 e. The molecule has 1 amide bonds. The lowest BCUT2D eigenvalue weighted by molar-refractivity contribution is 0.103. The van der Waals surface area contributed by atoms with Gasteiger partial charge in [0.15, 0.2) is 0 Å². The highest BCUT2D eigenvalue weighted by atomic mass is 35.5. The Morgan fingerprint density at radius 2 is 1.85 bits per heavy atom. The fraction of sp³-hybridized carbons (Fsp3) is 0.263. The third-order valence-electron chi connectivity index (χ3n) is 4.83. The van der Waals surface area contributed by atoms with Crippen LogP contribution in [0.1, 0.15) is 5.56 Å². The summed E-state index contributed by atoms with van der Waals surface area (Å²) >= 11 is 6.01. The maximum absolute atomic E-state index is 11.1. The number of hydrogen-bond donors (Lipinski definition) is 1. The van der Waals surface area contributed by atoms with Gasteiger partial charge in [0.2, 0.25) is 0 Å². The lowest BCUT2D eigenvalue weighted by Crippen LogP contribution is -2.47. The highest BCUT2D eigenvalue weighted by Gasteiger charge is 2.21. The number of carbonyl (C=O) groups is 1. The molecule has 2 aromatic heterocycles. The van der Waals surface area contributed by atoms with E-state index in [1.807, 2.05) is 36.5 Å². The van der Waals surface area contributed by atoms with Crippen LogP contribution in [0.25, 0.3) is 16.6 Å². The van der Waals surface area contributed by atoms with Gasteiger partial charge in [-0.2, -0.15) is 0 Å². The van der Waals surface area contributed by atoms with Crippen LogP contribution in [-0.4, -0.2) is 56.7 Å². The molecule has 0 spiro atoms. The lowest BCUT2D eigenvalue weighted by atomic mass is 10.2. The molecule has 0 unspecified atom stereocenters. The van der Waals surface area contributed by atoms with Crippen molar-refractivity contribution in [3.63, 3.8) is 0 Å². The third kappa shape index (κ3) is 3.25. The predicted octanol–water partition coefficient (Wildman–Crippen LogP) is 3.47. The largest absolute Gasteiger partial charge is 0.465 e. The minimum atomic E-state index is -0.838. The second kappa shape index (κ2) is 6.97. The molecule has 3 heterocycles. The number of benzene rings is 1. The summed E-state index contributed by atoms with van der Waals surface area (Å²) in [5.41, 5.74) is 3.30. The summed E-state index contributed by atoms with van der Waals surface area (Å²) < 4.78 is 2.13. The number of amides is 1. The van der Waals surface area contributed by atoms with E-state index in [1.165, 1.54) is 10.5 Å². The topological polar surface area (TPSA) is 61.6 Å². The number of nitrogens with zero attached hydrogens (tertiary/aromatic N) is 4. The van der Waals surface area contributed by atoms with E-state index >= 15 is 0 Å². The minimum absolute atomic E-state index is 0.548. The van der Waals surface area contributed by atoms with Gasteiger partial charge in [-0.15, -0.1) is 0 Å². The molecule has 7 heteroatoms. The van der Waals surface area contributed by atoms with Gasteiger partial charge in [0.1, 0.15) is 0 Å². The Hall–Kier alpha value is -2.57. The molecule has 1 N–H and O–H groups in total. The Balaban J connectivity index is 1.62. The van der Waals surface area contributed by atoms with Gasteiger partial charge in [-0.05, 0) is 35.9 Å². The number of piperazine rings is 1. The average Bonchev–Trinajstić information content (AvgIpc) is 3.02. The molecule has 0 bridgehead atoms. The Kier molecular flexibility index (Phi) is 4.53. The van der Waals surface area contributed by atoms with E-state index in [-0.39, 0.29) is 0 Å². The molecule has 134 valence electrons. The number of fused-ring (bicyclic) bond motifs is 1. The van der Waals surface area contributed by atoms with Crippen LogP contribution in [0, 0.1) is 0 Å². The summed E-state index contributed by atoms with van der Waals surface area (Å²) in [6, 6.07) is 9.77. The highest BCUT2D eigenvalue weighted by Crippen LogP contribution is 2.26. The van der Waals surface area contributed by atoms with Crippen LogP contribution in [0.15, 0.2) is 48.9 Å². The van der Waals surface area contributed by atoms with Gasteiger partial charge in [-0.1, -0.05) is 11.6 Å². The van der Waals surface area contributed by atoms with Gasteiger partial charge >= 0.3 is 6.09 Å². The fourth-order valence-corrected chi connectivity index (χ4v) is 3.55. The van der Waals surface area contributed by atoms with Crippen LogP contribution < -0.4 is 0 Å². The van der Waals surface area contributed by atoms with E-state index in [0.717, 1.165) is 36.2 Å². The molecule has 6 nitrogen and oxygen atoms in total. The van der Waals surface area contributed by atoms with Crippen molar-refractivity contribution in [2.75, 3.05) is 26.2 Å². The van der Waals surface area contributed by atoms with Gasteiger partial charge in [0, 0.05) is 61.2 Å². The summed E-state index contributed by atoms with van der Waals surface area (Å²) in [7, 11) is 0.